The molecule has 0 aliphatic rings. The van der Waals surface area contributed by atoms with Crippen molar-refractivity contribution in [1.29, 1.82) is 0 Å². The predicted octanol–water partition coefficient (Wildman–Crippen LogP) is 4.13. The molecular weight excluding hydrogens is 350 g/mol. The highest BCUT2D eigenvalue weighted by atomic mass is 16.6. The number of carbonyl (C=O) groups is 1. The Labute approximate surface area is 155 Å². The normalized spacial score (nSPS) is 11.8. The van der Waals surface area contributed by atoms with Gasteiger partial charge in [-0.25, -0.2) is 4.79 Å². The van der Waals surface area contributed by atoms with Gasteiger partial charge in [0, 0.05) is 17.7 Å². The number of benzene rings is 2. The van der Waals surface area contributed by atoms with Crippen molar-refractivity contribution >= 4 is 11.7 Å². The number of nitro groups is 1. The maximum absolute atomic E-state index is 12.2. The minimum Gasteiger partial charge on any atom is -0.449 e. The Hall–Kier alpha value is -3.55. The Morgan fingerprint density at radius 1 is 1.15 bits per heavy atom. The smallest absolute Gasteiger partial charge is 0.338 e. The molecule has 8 nitrogen and oxygen atoms in total. The van der Waals surface area contributed by atoms with Crippen molar-refractivity contribution in [2.45, 2.75) is 26.4 Å². The number of nitrogens with zero attached hydrogens (tertiary/aromatic N) is 3. The summed E-state index contributed by atoms with van der Waals surface area (Å²) < 4.78 is 10.9. The van der Waals surface area contributed by atoms with E-state index in [0.717, 1.165) is 12.0 Å². The molecule has 0 unspecified atom stereocenters. The molecule has 0 N–H and O–H groups in total. The molecule has 3 aromatic rings. The van der Waals surface area contributed by atoms with Gasteiger partial charge in [0.25, 0.3) is 11.6 Å². The summed E-state index contributed by atoms with van der Waals surface area (Å²) in [5, 5.41) is 18.5. The molecule has 0 aliphatic heterocycles. The summed E-state index contributed by atoms with van der Waals surface area (Å²) in [5.41, 5.74) is 2.07. The highest BCUT2D eigenvalue weighted by Crippen LogP contribution is 2.24. The molecule has 0 saturated carbocycles. The Balaban J connectivity index is 1.69. The average molecular weight is 367 g/mol. The van der Waals surface area contributed by atoms with Crippen molar-refractivity contribution in [2.24, 2.45) is 0 Å². The van der Waals surface area contributed by atoms with Gasteiger partial charge in [0.05, 0.1) is 10.5 Å². The Kier molecular flexibility index (Phi) is 5.25. The summed E-state index contributed by atoms with van der Waals surface area (Å²) in [5.74, 6) is -0.155. The average Bonchev–Trinajstić information content (AvgIpc) is 3.18. The third kappa shape index (κ3) is 4.17. The van der Waals surface area contributed by atoms with Gasteiger partial charge in [-0.05, 0) is 43.2 Å². The lowest BCUT2D eigenvalue weighted by molar-refractivity contribution is -0.384. The first-order chi connectivity index (χ1) is 13.0. The van der Waals surface area contributed by atoms with E-state index >= 15 is 0 Å². The number of hydrogen-bond acceptors (Lipinski definition) is 7. The zero-order chi connectivity index (χ0) is 19.4. The summed E-state index contributed by atoms with van der Waals surface area (Å²) in [6, 6.07) is 12.9. The van der Waals surface area contributed by atoms with Gasteiger partial charge in [0.2, 0.25) is 5.89 Å². The molecule has 1 aromatic heterocycles. The number of non-ortho nitro benzene ring substituents is 1. The lowest BCUT2D eigenvalue weighted by atomic mass is 10.1. The first kappa shape index (κ1) is 18.2. The molecule has 27 heavy (non-hydrogen) atoms. The quantitative estimate of drug-likeness (QED) is 0.366. The monoisotopic (exact) mass is 367 g/mol. The van der Waals surface area contributed by atoms with Crippen molar-refractivity contribution in [3.8, 4) is 11.5 Å². The lowest BCUT2D eigenvalue weighted by Crippen LogP contribution is -2.09. The zero-order valence-corrected chi connectivity index (χ0v) is 14.8. The van der Waals surface area contributed by atoms with Crippen LogP contribution >= 0.6 is 0 Å². The second-order valence-corrected chi connectivity index (χ2v) is 5.85. The molecule has 0 radical (unpaired) electrons. The van der Waals surface area contributed by atoms with Gasteiger partial charge in [-0.3, -0.25) is 10.1 Å². The second-order valence-electron chi connectivity index (χ2n) is 5.85. The van der Waals surface area contributed by atoms with E-state index in [1.165, 1.54) is 24.3 Å². The molecule has 0 spiro atoms. The van der Waals surface area contributed by atoms with E-state index in [1.54, 1.807) is 19.1 Å². The maximum Gasteiger partial charge on any atom is 0.338 e. The molecule has 138 valence electrons. The van der Waals surface area contributed by atoms with Crippen LogP contribution in [0.3, 0.4) is 0 Å². The minimum atomic E-state index is -0.734. The molecule has 3 rings (SSSR count). The van der Waals surface area contributed by atoms with Crippen LogP contribution in [-0.4, -0.2) is 21.1 Å². The molecule has 1 heterocycles. The van der Waals surface area contributed by atoms with Gasteiger partial charge >= 0.3 is 5.97 Å². The lowest BCUT2D eigenvalue weighted by Gasteiger charge is -2.09. The van der Waals surface area contributed by atoms with Crippen LogP contribution in [0.4, 0.5) is 5.69 Å². The molecule has 0 amide bonds. The Bertz CT molecular complexity index is 948. The van der Waals surface area contributed by atoms with Crippen molar-refractivity contribution in [2.75, 3.05) is 0 Å². The van der Waals surface area contributed by atoms with Gasteiger partial charge in [-0.2, -0.15) is 0 Å². The molecular formula is C19H17N3O5. The van der Waals surface area contributed by atoms with Crippen LogP contribution in [-0.2, 0) is 11.2 Å². The van der Waals surface area contributed by atoms with E-state index < -0.39 is 17.0 Å². The largest absolute Gasteiger partial charge is 0.449 e. The number of aromatic nitrogens is 2. The maximum atomic E-state index is 12.2. The highest BCUT2D eigenvalue weighted by molar-refractivity contribution is 5.89. The van der Waals surface area contributed by atoms with Crippen LogP contribution in [0.15, 0.2) is 52.9 Å². The second kappa shape index (κ2) is 7.77. The fourth-order valence-corrected chi connectivity index (χ4v) is 2.40. The summed E-state index contributed by atoms with van der Waals surface area (Å²) in [7, 11) is 0. The number of ether oxygens (including phenoxy) is 1. The number of rotatable bonds is 6. The Morgan fingerprint density at radius 3 is 2.41 bits per heavy atom. The van der Waals surface area contributed by atoms with Gasteiger partial charge < -0.3 is 9.15 Å². The van der Waals surface area contributed by atoms with Gasteiger partial charge in [-0.1, -0.05) is 19.1 Å². The first-order valence-electron chi connectivity index (χ1n) is 8.36. The van der Waals surface area contributed by atoms with E-state index in [9.17, 15) is 14.9 Å². The molecule has 8 heteroatoms. The molecule has 0 saturated heterocycles. The Morgan fingerprint density at radius 2 is 1.81 bits per heavy atom. The minimum absolute atomic E-state index is 0.0325. The van der Waals surface area contributed by atoms with Gasteiger partial charge in [0.15, 0.2) is 6.10 Å². The van der Waals surface area contributed by atoms with Crippen LogP contribution in [0.25, 0.3) is 11.5 Å². The fraction of sp³-hybridized carbons (Fsp3) is 0.211. The van der Waals surface area contributed by atoms with Crippen LogP contribution < -0.4 is 0 Å². The highest BCUT2D eigenvalue weighted by Gasteiger charge is 2.20. The third-order valence-electron chi connectivity index (χ3n) is 4.00. The van der Waals surface area contributed by atoms with Gasteiger partial charge in [-0.15, -0.1) is 10.2 Å². The molecule has 1 atom stereocenters. The van der Waals surface area contributed by atoms with E-state index in [0.29, 0.717) is 11.1 Å². The summed E-state index contributed by atoms with van der Waals surface area (Å²) in [4.78, 5) is 22.4. The van der Waals surface area contributed by atoms with E-state index in [2.05, 4.69) is 10.2 Å². The summed E-state index contributed by atoms with van der Waals surface area (Å²) in [6.45, 7) is 3.67. The third-order valence-corrected chi connectivity index (χ3v) is 4.00. The van der Waals surface area contributed by atoms with Crippen LogP contribution in [0.5, 0.6) is 0 Å². The van der Waals surface area contributed by atoms with Crippen molar-refractivity contribution in [3.63, 3.8) is 0 Å². The molecule has 0 fully saturated rings. The van der Waals surface area contributed by atoms with Crippen LogP contribution in [0.2, 0.25) is 0 Å². The summed E-state index contributed by atoms with van der Waals surface area (Å²) in [6.07, 6.45) is 0.154. The van der Waals surface area contributed by atoms with Crippen LogP contribution in [0.1, 0.15) is 41.8 Å². The van der Waals surface area contributed by atoms with Gasteiger partial charge in [0.1, 0.15) is 0 Å². The fourth-order valence-electron chi connectivity index (χ4n) is 2.40. The molecule has 2 aromatic carbocycles. The number of carbonyl (C=O) groups excluding carboxylic acids is 1. The van der Waals surface area contributed by atoms with Crippen molar-refractivity contribution < 1.29 is 18.9 Å². The number of esters is 1. The standard InChI is InChI=1S/C19H17N3O5/c1-3-13-4-6-15(7-5-13)19(23)26-12(2)17-20-21-18(27-17)14-8-10-16(11-9-14)22(24)25/h4-12H,3H2,1-2H3/t12-/m0/s1. The summed E-state index contributed by atoms with van der Waals surface area (Å²) >= 11 is 0. The van der Waals surface area contributed by atoms with E-state index in [-0.39, 0.29) is 17.5 Å². The number of nitro benzene ring substituents is 1. The van der Waals surface area contributed by atoms with E-state index in [4.69, 9.17) is 9.15 Å². The SMILES string of the molecule is CCc1ccc(C(=O)O[C@@H](C)c2nnc(-c3ccc([N+](=O)[O-])cc3)o2)cc1. The number of aryl methyl sites for hydroxylation is 1. The van der Waals surface area contributed by atoms with Crippen molar-refractivity contribution in [1.82, 2.24) is 10.2 Å². The van der Waals surface area contributed by atoms with Crippen LogP contribution in [0, 0.1) is 10.1 Å². The first-order valence-corrected chi connectivity index (χ1v) is 8.36. The molecule has 0 aliphatic carbocycles. The topological polar surface area (TPSA) is 108 Å². The van der Waals surface area contributed by atoms with E-state index in [1.807, 2.05) is 19.1 Å². The number of hydrogen-bond donors (Lipinski definition) is 0. The zero-order valence-electron chi connectivity index (χ0n) is 14.8. The van der Waals surface area contributed by atoms with Crippen molar-refractivity contribution in [3.05, 3.63) is 75.7 Å². The predicted molar refractivity (Wildman–Crippen MR) is 96.0 cm³/mol. The molecule has 0 bridgehead atoms.